The first-order chi connectivity index (χ1) is 14.6. The summed E-state index contributed by atoms with van der Waals surface area (Å²) in [7, 11) is 0. The standard InChI is InChI=1S/C20H36N4O8/c1-19(2,3)31-17(29)23-16(24-18(30)32-20(4,5)6)22-12-10-8-7-9-11-21-14(26)13(25)15(27)28/h13,25H,7-12H2,1-6H3,(H,21,26)(H,27,28)(H2,22,23,24,29,30). The molecule has 0 heterocycles. The molecule has 0 radical (unpaired) electrons. The van der Waals surface area contributed by atoms with E-state index in [0.29, 0.717) is 25.8 Å². The van der Waals surface area contributed by atoms with Crippen LogP contribution in [0.4, 0.5) is 9.59 Å². The average molecular weight is 461 g/mol. The van der Waals surface area contributed by atoms with Crippen molar-refractivity contribution in [1.29, 1.82) is 0 Å². The minimum atomic E-state index is -2.07. The Hall–Kier alpha value is -2.89. The number of aliphatic hydroxyl groups excluding tert-OH is 1. The molecule has 0 aliphatic rings. The molecule has 0 aromatic carbocycles. The number of ether oxygens (including phenoxy) is 2. The zero-order valence-electron chi connectivity index (χ0n) is 19.6. The molecule has 3 amide bonds. The number of carboxylic acids is 1. The summed E-state index contributed by atoms with van der Waals surface area (Å²) in [5.41, 5.74) is -1.45. The lowest BCUT2D eigenvalue weighted by atomic mass is 10.2. The van der Waals surface area contributed by atoms with Crippen molar-refractivity contribution in [2.24, 2.45) is 4.99 Å². The number of aliphatic imine (C=N–C) groups is 1. The maximum Gasteiger partial charge on any atom is 0.414 e. The predicted molar refractivity (Wildman–Crippen MR) is 116 cm³/mol. The van der Waals surface area contributed by atoms with Gasteiger partial charge in [-0.2, -0.15) is 0 Å². The van der Waals surface area contributed by atoms with Crippen LogP contribution in [0.1, 0.15) is 67.2 Å². The number of nitrogens with one attached hydrogen (secondary N) is 3. The van der Waals surface area contributed by atoms with Crippen molar-refractivity contribution in [2.75, 3.05) is 13.1 Å². The van der Waals surface area contributed by atoms with Crippen LogP contribution in [0.5, 0.6) is 0 Å². The van der Waals surface area contributed by atoms with Crippen LogP contribution in [0.25, 0.3) is 0 Å². The summed E-state index contributed by atoms with van der Waals surface area (Å²) < 4.78 is 10.3. The number of hydrogen-bond acceptors (Lipinski definition) is 8. The van der Waals surface area contributed by atoms with Gasteiger partial charge in [-0.1, -0.05) is 12.8 Å². The topological polar surface area (TPSA) is 176 Å². The lowest BCUT2D eigenvalue weighted by Crippen LogP contribution is -2.47. The van der Waals surface area contributed by atoms with E-state index in [-0.39, 0.29) is 12.5 Å². The lowest BCUT2D eigenvalue weighted by molar-refractivity contribution is -0.152. The Bertz CT molecular complexity index is 648. The van der Waals surface area contributed by atoms with Crippen LogP contribution < -0.4 is 16.0 Å². The zero-order chi connectivity index (χ0) is 24.9. The van der Waals surface area contributed by atoms with E-state index in [1.807, 2.05) is 0 Å². The van der Waals surface area contributed by atoms with Crippen LogP contribution >= 0.6 is 0 Å². The summed E-state index contributed by atoms with van der Waals surface area (Å²) in [6.07, 6.45) is -0.960. The number of nitrogens with zero attached hydrogens (tertiary/aromatic N) is 1. The fraction of sp³-hybridized carbons (Fsp3) is 0.750. The van der Waals surface area contributed by atoms with Crippen LogP contribution in [0.2, 0.25) is 0 Å². The first kappa shape index (κ1) is 29.1. The fourth-order valence-electron chi connectivity index (χ4n) is 2.11. The molecule has 0 rings (SSSR count). The number of alkyl carbamates (subject to hydrolysis) is 2. The quantitative estimate of drug-likeness (QED) is 0.149. The third-order valence-corrected chi connectivity index (χ3v) is 3.37. The molecule has 32 heavy (non-hydrogen) atoms. The summed E-state index contributed by atoms with van der Waals surface area (Å²) in [6, 6.07) is 0. The molecule has 0 fully saturated rings. The van der Waals surface area contributed by atoms with E-state index in [0.717, 1.165) is 6.42 Å². The molecule has 0 spiro atoms. The molecule has 1 unspecified atom stereocenters. The molecule has 0 aliphatic heterocycles. The Morgan fingerprint density at radius 2 is 1.31 bits per heavy atom. The van der Waals surface area contributed by atoms with Crippen LogP contribution in [0, 0.1) is 0 Å². The van der Waals surface area contributed by atoms with Gasteiger partial charge < -0.3 is 25.0 Å². The Balaban J connectivity index is 4.52. The smallest absolute Gasteiger partial charge is 0.414 e. The summed E-state index contributed by atoms with van der Waals surface area (Å²) in [5, 5.41) is 24.7. The maximum absolute atomic E-state index is 12.0. The largest absolute Gasteiger partial charge is 0.479 e. The highest BCUT2D eigenvalue weighted by Gasteiger charge is 2.22. The Morgan fingerprint density at radius 1 is 0.844 bits per heavy atom. The number of rotatable bonds is 9. The number of unbranched alkanes of at least 4 members (excludes halogenated alkanes) is 3. The first-order valence-electron chi connectivity index (χ1n) is 10.3. The third-order valence-electron chi connectivity index (χ3n) is 3.37. The van der Waals surface area contributed by atoms with E-state index >= 15 is 0 Å². The molecule has 12 heteroatoms. The molecule has 0 bridgehead atoms. The summed E-state index contributed by atoms with van der Waals surface area (Å²) in [4.78, 5) is 49.9. The Morgan fingerprint density at radius 3 is 1.75 bits per heavy atom. The summed E-state index contributed by atoms with van der Waals surface area (Å²) >= 11 is 0. The number of guanidine groups is 1. The number of hydrogen-bond donors (Lipinski definition) is 5. The van der Waals surface area contributed by atoms with Crippen LogP contribution in [0.15, 0.2) is 4.99 Å². The van der Waals surface area contributed by atoms with Crippen molar-refractivity contribution in [3.05, 3.63) is 0 Å². The van der Waals surface area contributed by atoms with Gasteiger partial charge in [-0.15, -0.1) is 0 Å². The van der Waals surface area contributed by atoms with Gasteiger partial charge in [0.25, 0.3) is 5.91 Å². The van der Waals surface area contributed by atoms with E-state index in [2.05, 4.69) is 20.9 Å². The lowest BCUT2D eigenvalue weighted by Gasteiger charge is -2.22. The van der Waals surface area contributed by atoms with Crippen molar-refractivity contribution < 1.29 is 38.9 Å². The van der Waals surface area contributed by atoms with Crippen molar-refractivity contribution in [2.45, 2.75) is 84.5 Å². The minimum Gasteiger partial charge on any atom is -0.479 e. The maximum atomic E-state index is 12.0. The zero-order valence-corrected chi connectivity index (χ0v) is 19.6. The third kappa shape index (κ3) is 15.9. The summed E-state index contributed by atoms with van der Waals surface area (Å²) in [6.45, 7) is 10.8. The van der Waals surface area contributed by atoms with Crippen LogP contribution in [-0.2, 0) is 19.1 Å². The highest BCUT2D eigenvalue weighted by atomic mass is 16.6. The van der Waals surface area contributed by atoms with Gasteiger partial charge in [-0.3, -0.25) is 20.4 Å². The van der Waals surface area contributed by atoms with Gasteiger partial charge >= 0.3 is 18.2 Å². The number of aliphatic carboxylic acids is 1. The van der Waals surface area contributed by atoms with Gasteiger partial charge in [0.05, 0.1) is 0 Å². The highest BCUT2D eigenvalue weighted by molar-refractivity contribution is 6.01. The van der Waals surface area contributed by atoms with E-state index in [1.54, 1.807) is 41.5 Å². The molecule has 184 valence electrons. The van der Waals surface area contributed by atoms with Crippen molar-refractivity contribution in [3.8, 4) is 0 Å². The number of carboxylic acid groups (broad SMARTS) is 1. The van der Waals surface area contributed by atoms with Crippen molar-refractivity contribution in [1.82, 2.24) is 16.0 Å². The average Bonchev–Trinajstić information content (AvgIpc) is 2.59. The predicted octanol–water partition coefficient (Wildman–Crippen LogP) is 1.51. The fourth-order valence-corrected chi connectivity index (χ4v) is 2.11. The van der Waals surface area contributed by atoms with Crippen LogP contribution in [0.3, 0.4) is 0 Å². The van der Waals surface area contributed by atoms with Gasteiger partial charge in [0.15, 0.2) is 0 Å². The SMILES string of the molecule is CC(C)(C)OC(=O)NC(=NCCCCCCNC(=O)C(O)C(=O)O)NC(=O)OC(C)(C)C. The molecule has 0 aromatic heterocycles. The van der Waals surface area contributed by atoms with E-state index in [1.165, 1.54) is 0 Å². The van der Waals surface area contributed by atoms with Gasteiger partial charge in [0.1, 0.15) is 11.2 Å². The van der Waals surface area contributed by atoms with E-state index in [4.69, 9.17) is 19.7 Å². The summed E-state index contributed by atoms with van der Waals surface area (Å²) in [5.74, 6) is -2.65. The molecule has 0 aromatic rings. The van der Waals surface area contributed by atoms with Crippen molar-refractivity contribution >= 4 is 30.0 Å². The van der Waals surface area contributed by atoms with Crippen molar-refractivity contribution in [3.63, 3.8) is 0 Å². The number of carbonyl (C=O) groups excluding carboxylic acids is 3. The Kier molecular flexibility index (Phi) is 12.3. The minimum absolute atomic E-state index is 0.0941. The van der Waals surface area contributed by atoms with Gasteiger partial charge in [-0.05, 0) is 54.4 Å². The van der Waals surface area contributed by atoms with E-state index in [9.17, 15) is 19.2 Å². The molecular formula is C20H36N4O8. The second kappa shape index (κ2) is 13.5. The van der Waals surface area contributed by atoms with Gasteiger partial charge in [0.2, 0.25) is 12.1 Å². The molecule has 5 N–H and O–H groups in total. The number of carbonyl (C=O) groups is 4. The Labute approximate surface area is 188 Å². The molecular weight excluding hydrogens is 424 g/mol. The van der Waals surface area contributed by atoms with Gasteiger partial charge in [-0.25, -0.2) is 14.4 Å². The second-order valence-corrected chi connectivity index (χ2v) is 8.93. The monoisotopic (exact) mass is 460 g/mol. The second-order valence-electron chi connectivity index (χ2n) is 8.93. The highest BCUT2D eigenvalue weighted by Crippen LogP contribution is 2.08. The molecule has 0 saturated heterocycles. The molecule has 0 saturated carbocycles. The normalized spacial score (nSPS) is 12.2. The molecule has 0 aliphatic carbocycles. The van der Waals surface area contributed by atoms with Gasteiger partial charge in [0, 0.05) is 13.1 Å². The molecule has 12 nitrogen and oxygen atoms in total. The van der Waals surface area contributed by atoms with E-state index < -0.39 is 41.4 Å². The number of amides is 3. The van der Waals surface area contributed by atoms with Crippen LogP contribution in [-0.4, -0.2) is 70.6 Å². The molecule has 1 atom stereocenters. The number of aliphatic hydroxyl groups is 1. The first-order valence-corrected chi connectivity index (χ1v) is 10.3.